The van der Waals surface area contributed by atoms with Crippen LogP contribution in [0.1, 0.15) is 48.9 Å². The molecular weight excluding hydrogens is 220 g/mol. The Morgan fingerprint density at radius 1 is 1.56 bits per heavy atom. The van der Waals surface area contributed by atoms with Crippen molar-refractivity contribution < 1.29 is 5.11 Å². The largest absolute Gasteiger partial charge is 0.392 e. The molecule has 1 aliphatic rings. The number of aromatic nitrogens is 1. The molecule has 0 aliphatic heterocycles. The number of thiazole rings is 1. The maximum atomic E-state index is 9.69. The van der Waals surface area contributed by atoms with E-state index < -0.39 is 0 Å². The molecule has 2 N–H and O–H groups in total. The first kappa shape index (κ1) is 12.0. The lowest BCUT2D eigenvalue weighted by atomic mass is 10.2. The topological polar surface area (TPSA) is 45.2 Å². The zero-order valence-electron chi connectivity index (χ0n) is 9.94. The van der Waals surface area contributed by atoms with E-state index in [1.54, 1.807) is 11.3 Å². The molecule has 1 aromatic rings. The number of nitrogens with one attached hydrogen (secondary N) is 1. The van der Waals surface area contributed by atoms with E-state index in [1.807, 2.05) is 6.20 Å². The Labute approximate surface area is 101 Å². The Hall–Kier alpha value is -0.450. The Bertz CT molecular complexity index is 338. The molecule has 0 spiro atoms. The molecule has 1 aromatic heterocycles. The highest BCUT2D eigenvalue weighted by Crippen LogP contribution is 2.22. The molecule has 1 fully saturated rings. The highest BCUT2D eigenvalue weighted by atomic mass is 32.1. The molecule has 2 rings (SSSR count). The summed E-state index contributed by atoms with van der Waals surface area (Å²) in [6, 6.07) is 0.282. The Morgan fingerprint density at radius 3 is 2.94 bits per heavy atom. The summed E-state index contributed by atoms with van der Waals surface area (Å²) in [5, 5.41) is 14.3. The van der Waals surface area contributed by atoms with E-state index in [0.717, 1.165) is 25.8 Å². The summed E-state index contributed by atoms with van der Waals surface area (Å²) in [6.07, 6.45) is 4.97. The number of aliphatic hydroxyl groups excluding tert-OH is 1. The molecule has 4 heteroatoms. The van der Waals surface area contributed by atoms with Crippen LogP contribution >= 0.6 is 11.3 Å². The molecule has 16 heavy (non-hydrogen) atoms. The maximum absolute atomic E-state index is 9.69. The summed E-state index contributed by atoms with van der Waals surface area (Å²) in [4.78, 5) is 5.66. The number of hydrogen-bond acceptors (Lipinski definition) is 4. The van der Waals surface area contributed by atoms with E-state index in [9.17, 15) is 5.11 Å². The Kier molecular flexibility index (Phi) is 3.95. The molecule has 2 atom stereocenters. The van der Waals surface area contributed by atoms with E-state index in [1.165, 1.54) is 9.88 Å². The van der Waals surface area contributed by atoms with Crippen molar-refractivity contribution >= 4 is 11.3 Å². The molecule has 1 heterocycles. The highest BCUT2D eigenvalue weighted by molar-refractivity contribution is 7.11. The van der Waals surface area contributed by atoms with Gasteiger partial charge in [-0.2, -0.15) is 0 Å². The van der Waals surface area contributed by atoms with Crippen LogP contribution in [0.4, 0.5) is 0 Å². The quantitative estimate of drug-likeness (QED) is 0.848. The van der Waals surface area contributed by atoms with Crippen LogP contribution in [-0.2, 0) is 6.54 Å². The average Bonchev–Trinajstić information content (AvgIpc) is 2.83. The monoisotopic (exact) mass is 240 g/mol. The van der Waals surface area contributed by atoms with Gasteiger partial charge in [0.1, 0.15) is 0 Å². The average molecular weight is 240 g/mol. The minimum atomic E-state index is -0.155. The lowest BCUT2D eigenvalue weighted by molar-refractivity contribution is 0.149. The summed E-state index contributed by atoms with van der Waals surface area (Å²) in [5.41, 5.74) is 0. The molecule has 1 saturated carbocycles. The van der Waals surface area contributed by atoms with Crippen molar-refractivity contribution in [3.63, 3.8) is 0 Å². The van der Waals surface area contributed by atoms with E-state index in [2.05, 4.69) is 24.1 Å². The molecular formula is C12H20N2OS. The Morgan fingerprint density at radius 2 is 2.38 bits per heavy atom. The molecule has 0 bridgehead atoms. The maximum Gasteiger partial charge on any atom is 0.0953 e. The standard InChI is InChI=1S/C12H20N2OS/c1-8(2)12-14-7-9(16-12)6-13-10-4-3-5-11(10)15/h7-8,10-11,13,15H,3-6H2,1-2H3. The van der Waals surface area contributed by atoms with Gasteiger partial charge in [0.2, 0.25) is 0 Å². The van der Waals surface area contributed by atoms with Gasteiger partial charge >= 0.3 is 0 Å². The first-order valence-electron chi connectivity index (χ1n) is 6.03. The fourth-order valence-corrected chi connectivity index (χ4v) is 2.95. The minimum absolute atomic E-state index is 0.155. The molecule has 0 amide bonds. The van der Waals surface area contributed by atoms with Gasteiger partial charge in [-0.25, -0.2) is 4.98 Å². The molecule has 0 radical (unpaired) electrons. The van der Waals surface area contributed by atoms with Crippen molar-refractivity contribution in [1.29, 1.82) is 0 Å². The predicted molar refractivity (Wildman–Crippen MR) is 66.7 cm³/mol. The first-order valence-corrected chi connectivity index (χ1v) is 6.84. The van der Waals surface area contributed by atoms with Crippen LogP contribution in [-0.4, -0.2) is 22.2 Å². The van der Waals surface area contributed by atoms with Crippen LogP contribution in [0.2, 0.25) is 0 Å². The van der Waals surface area contributed by atoms with Gasteiger partial charge in [-0.1, -0.05) is 13.8 Å². The van der Waals surface area contributed by atoms with Crippen molar-refractivity contribution in [2.75, 3.05) is 0 Å². The van der Waals surface area contributed by atoms with Crippen molar-refractivity contribution in [2.45, 2.75) is 57.7 Å². The minimum Gasteiger partial charge on any atom is -0.392 e. The third-order valence-electron chi connectivity index (χ3n) is 3.08. The fourth-order valence-electron chi connectivity index (χ4n) is 2.08. The van der Waals surface area contributed by atoms with Gasteiger partial charge in [-0.15, -0.1) is 11.3 Å². The van der Waals surface area contributed by atoms with Gasteiger partial charge < -0.3 is 10.4 Å². The van der Waals surface area contributed by atoms with Crippen LogP contribution in [0.25, 0.3) is 0 Å². The summed E-state index contributed by atoms with van der Waals surface area (Å²) in [5.74, 6) is 0.510. The number of rotatable bonds is 4. The highest BCUT2D eigenvalue weighted by Gasteiger charge is 2.24. The lowest BCUT2D eigenvalue weighted by Crippen LogP contribution is -2.34. The number of hydrogen-bond donors (Lipinski definition) is 2. The third kappa shape index (κ3) is 2.81. The zero-order valence-corrected chi connectivity index (χ0v) is 10.8. The van der Waals surface area contributed by atoms with E-state index in [4.69, 9.17) is 0 Å². The van der Waals surface area contributed by atoms with Gasteiger partial charge in [0, 0.05) is 29.6 Å². The van der Waals surface area contributed by atoms with Crippen LogP contribution < -0.4 is 5.32 Å². The van der Waals surface area contributed by atoms with Crippen LogP contribution in [0.15, 0.2) is 6.20 Å². The van der Waals surface area contributed by atoms with Gasteiger partial charge in [-0.3, -0.25) is 0 Å². The van der Waals surface area contributed by atoms with E-state index >= 15 is 0 Å². The van der Waals surface area contributed by atoms with Gasteiger partial charge in [0.25, 0.3) is 0 Å². The first-order chi connectivity index (χ1) is 7.66. The summed E-state index contributed by atoms with van der Waals surface area (Å²) >= 11 is 1.77. The SMILES string of the molecule is CC(C)c1ncc(CNC2CCCC2O)s1. The third-order valence-corrected chi connectivity index (χ3v) is 4.38. The van der Waals surface area contributed by atoms with Crippen LogP contribution in [0.5, 0.6) is 0 Å². The van der Waals surface area contributed by atoms with Gasteiger partial charge in [-0.05, 0) is 19.3 Å². The molecule has 90 valence electrons. The number of aliphatic hydroxyl groups is 1. The molecule has 0 saturated heterocycles. The lowest BCUT2D eigenvalue weighted by Gasteiger charge is -2.15. The summed E-state index contributed by atoms with van der Waals surface area (Å²) in [7, 11) is 0. The number of nitrogens with zero attached hydrogens (tertiary/aromatic N) is 1. The summed E-state index contributed by atoms with van der Waals surface area (Å²) < 4.78 is 0. The predicted octanol–water partition coefficient (Wildman–Crippen LogP) is 2.27. The molecule has 3 nitrogen and oxygen atoms in total. The second kappa shape index (κ2) is 5.25. The van der Waals surface area contributed by atoms with Crippen molar-refractivity contribution in [3.8, 4) is 0 Å². The van der Waals surface area contributed by atoms with Crippen molar-refractivity contribution in [1.82, 2.24) is 10.3 Å². The van der Waals surface area contributed by atoms with Crippen LogP contribution in [0, 0.1) is 0 Å². The zero-order chi connectivity index (χ0) is 11.5. The van der Waals surface area contributed by atoms with E-state index in [0.29, 0.717) is 5.92 Å². The van der Waals surface area contributed by atoms with Crippen molar-refractivity contribution in [3.05, 3.63) is 16.1 Å². The van der Waals surface area contributed by atoms with E-state index in [-0.39, 0.29) is 12.1 Å². The Balaban J connectivity index is 1.84. The normalized spacial score (nSPS) is 25.5. The van der Waals surface area contributed by atoms with Gasteiger partial charge in [0.15, 0.2) is 0 Å². The second-order valence-corrected chi connectivity index (χ2v) is 5.95. The fraction of sp³-hybridized carbons (Fsp3) is 0.750. The van der Waals surface area contributed by atoms with Crippen molar-refractivity contribution in [2.24, 2.45) is 0 Å². The smallest absolute Gasteiger partial charge is 0.0953 e. The van der Waals surface area contributed by atoms with Gasteiger partial charge in [0.05, 0.1) is 11.1 Å². The molecule has 0 aromatic carbocycles. The summed E-state index contributed by atoms with van der Waals surface area (Å²) in [6.45, 7) is 5.17. The molecule has 1 aliphatic carbocycles. The van der Waals surface area contributed by atoms with Crippen LogP contribution in [0.3, 0.4) is 0 Å². The molecule has 2 unspecified atom stereocenters. The second-order valence-electron chi connectivity index (χ2n) is 4.81.